The molecule has 0 spiro atoms. The molecule has 0 saturated carbocycles. The summed E-state index contributed by atoms with van der Waals surface area (Å²) in [6.07, 6.45) is 0.902. The van der Waals surface area contributed by atoms with Crippen molar-refractivity contribution in [3.63, 3.8) is 0 Å². The lowest BCUT2D eigenvalue weighted by atomic mass is 10.2. The highest BCUT2D eigenvalue weighted by Crippen LogP contribution is 2.15. The second kappa shape index (κ2) is 7.94. The number of carbonyl (C=O) groups is 1. The second-order valence-electron chi connectivity index (χ2n) is 4.70. The topological polar surface area (TPSA) is 50.4 Å². The molecular weight excluding hydrogens is 264 g/mol. The molecule has 0 atom stereocenters. The maximum Gasteiger partial charge on any atom is 0.221 e. The summed E-state index contributed by atoms with van der Waals surface area (Å²) in [4.78, 5) is 11.0. The van der Waals surface area contributed by atoms with Gasteiger partial charge in [-0.2, -0.15) is 0 Å². The molecule has 0 saturated heterocycles. The molecule has 1 amide bonds. The number of ether oxygens (including phenoxy) is 1. The van der Waals surface area contributed by atoms with Crippen LogP contribution >= 0.6 is 0 Å². The third kappa shape index (κ3) is 5.57. The smallest absolute Gasteiger partial charge is 0.221 e. The standard InChI is InChI=1S/C17H20N2O2/c1-14(20)19-16-8-5-7-15(13-16)18-11-6-12-21-17-9-3-2-4-10-17/h2-5,7-10,13,18H,6,11-12H2,1H3,(H,19,20). The summed E-state index contributed by atoms with van der Waals surface area (Å²) in [5, 5.41) is 6.08. The summed E-state index contributed by atoms with van der Waals surface area (Å²) in [6, 6.07) is 17.5. The van der Waals surface area contributed by atoms with Crippen molar-refractivity contribution in [2.45, 2.75) is 13.3 Å². The molecule has 2 N–H and O–H groups in total. The third-order valence-corrected chi connectivity index (χ3v) is 2.85. The fourth-order valence-electron chi connectivity index (χ4n) is 1.92. The molecule has 21 heavy (non-hydrogen) atoms. The molecule has 2 rings (SSSR count). The number of carbonyl (C=O) groups excluding carboxylic acids is 1. The van der Waals surface area contributed by atoms with Crippen LogP contribution in [-0.2, 0) is 4.79 Å². The van der Waals surface area contributed by atoms with E-state index < -0.39 is 0 Å². The van der Waals surface area contributed by atoms with Crippen molar-refractivity contribution < 1.29 is 9.53 Å². The van der Waals surface area contributed by atoms with E-state index in [1.165, 1.54) is 6.92 Å². The van der Waals surface area contributed by atoms with Crippen LogP contribution in [0.4, 0.5) is 11.4 Å². The highest BCUT2D eigenvalue weighted by Gasteiger charge is 1.98. The number of para-hydroxylation sites is 1. The fourth-order valence-corrected chi connectivity index (χ4v) is 1.92. The van der Waals surface area contributed by atoms with Crippen LogP contribution in [0.15, 0.2) is 54.6 Å². The highest BCUT2D eigenvalue weighted by atomic mass is 16.5. The molecule has 4 heteroatoms. The zero-order valence-electron chi connectivity index (χ0n) is 12.1. The summed E-state index contributed by atoms with van der Waals surface area (Å²) in [7, 11) is 0. The molecule has 0 fully saturated rings. The summed E-state index contributed by atoms with van der Waals surface area (Å²) < 4.78 is 5.62. The van der Waals surface area contributed by atoms with Gasteiger partial charge in [0, 0.05) is 24.8 Å². The Kier molecular flexibility index (Phi) is 5.64. The number of rotatable bonds is 7. The van der Waals surface area contributed by atoms with E-state index in [9.17, 15) is 4.79 Å². The molecule has 0 aliphatic heterocycles. The van der Waals surface area contributed by atoms with Gasteiger partial charge in [-0.3, -0.25) is 4.79 Å². The Balaban J connectivity index is 1.70. The van der Waals surface area contributed by atoms with E-state index in [0.29, 0.717) is 6.61 Å². The molecule has 0 unspecified atom stereocenters. The number of benzene rings is 2. The predicted octanol–water partition coefficient (Wildman–Crippen LogP) is 3.53. The molecule has 110 valence electrons. The first-order valence-corrected chi connectivity index (χ1v) is 7.03. The van der Waals surface area contributed by atoms with Gasteiger partial charge in [0.15, 0.2) is 0 Å². The Morgan fingerprint density at radius 1 is 1.05 bits per heavy atom. The second-order valence-corrected chi connectivity index (χ2v) is 4.70. The van der Waals surface area contributed by atoms with E-state index in [4.69, 9.17) is 4.74 Å². The summed E-state index contributed by atoms with van der Waals surface area (Å²) in [6.45, 7) is 2.99. The van der Waals surface area contributed by atoms with Crippen molar-refractivity contribution in [1.82, 2.24) is 0 Å². The van der Waals surface area contributed by atoms with E-state index in [-0.39, 0.29) is 5.91 Å². The predicted molar refractivity (Wildman–Crippen MR) is 85.8 cm³/mol. The first-order chi connectivity index (χ1) is 10.2. The first kappa shape index (κ1) is 14.9. The summed E-state index contributed by atoms with van der Waals surface area (Å²) in [5.74, 6) is 0.827. The van der Waals surface area contributed by atoms with Crippen LogP contribution in [0.5, 0.6) is 5.75 Å². The Labute approximate surface area is 125 Å². The van der Waals surface area contributed by atoms with Crippen LogP contribution in [-0.4, -0.2) is 19.1 Å². The van der Waals surface area contributed by atoms with Gasteiger partial charge < -0.3 is 15.4 Å². The molecule has 0 radical (unpaired) electrons. The SMILES string of the molecule is CC(=O)Nc1cccc(NCCCOc2ccccc2)c1. The monoisotopic (exact) mass is 284 g/mol. The zero-order chi connectivity index (χ0) is 14.9. The van der Waals surface area contributed by atoms with E-state index in [0.717, 1.165) is 30.1 Å². The Morgan fingerprint density at radius 3 is 2.57 bits per heavy atom. The summed E-state index contributed by atoms with van der Waals surface area (Å²) in [5.41, 5.74) is 1.79. The lowest BCUT2D eigenvalue weighted by molar-refractivity contribution is -0.114. The minimum absolute atomic E-state index is 0.0663. The van der Waals surface area contributed by atoms with Crippen LogP contribution in [0, 0.1) is 0 Å². The lowest BCUT2D eigenvalue weighted by Crippen LogP contribution is -2.08. The van der Waals surface area contributed by atoms with Crippen LogP contribution in [0.3, 0.4) is 0 Å². The molecule has 0 aromatic heterocycles. The molecule has 2 aromatic carbocycles. The van der Waals surface area contributed by atoms with Crippen LogP contribution in [0.2, 0.25) is 0 Å². The van der Waals surface area contributed by atoms with Gasteiger partial charge in [0.2, 0.25) is 5.91 Å². The van der Waals surface area contributed by atoms with Crippen LogP contribution < -0.4 is 15.4 Å². The van der Waals surface area contributed by atoms with Gasteiger partial charge in [0.05, 0.1) is 6.61 Å². The number of hydrogen-bond acceptors (Lipinski definition) is 3. The minimum atomic E-state index is -0.0663. The molecule has 0 bridgehead atoms. The van der Waals surface area contributed by atoms with Gasteiger partial charge in [0.1, 0.15) is 5.75 Å². The van der Waals surface area contributed by atoms with Crippen molar-refractivity contribution in [3.8, 4) is 5.75 Å². The van der Waals surface area contributed by atoms with Crippen molar-refractivity contribution in [3.05, 3.63) is 54.6 Å². The van der Waals surface area contributed by atoms with E-state index in [1.807, 2.05) is 54.6 Å². The maximum atomic E-state index is 11.0. The molecule has 2 aromatic rings. The Morgan fingerprint density at radius 2 is 1.81 bits per heavy atom. The van der Waals surface area contributed by atoms with Crippen LogP contribution in [0.1, 0.15) is 13.3 Å². The van der Waals surface area contributed by atoms with Gasteiger partial charge in [-0.05, 0) is 36.8 Å². The lowest BCUT2D eigenvalue weighted by Gasteiger charge is -2.09. The number of amides is 1. The van der Waals surface area contributed by atoms with Crippen molar-refractivity contribution in [2.24, 2.45) is 0 Å². The average molecular weight is 284 g/mol. The number of nitrogens with one attached hydrogen (secondary N) is 2. The fraction of sp³-hybridized carbons (Fsp3) is 0.235. The Bertz CT molecular complexity index is 570. The van der Waals surface area contributed by atoms with Crippen molar-refractivity contribution in [1.29, 1.82) is 0 Å². The molecule has 0 aliphatic carbocycles. The summed E-state index contributed by atoms with van der Waals surface area (Å²) >= 11 is 0. The maximum absolute atomic E-state index is 11.0. The number of hydrogen-bond donors (Lipinski definition) is 2. The van der Waals surface area contributed by atoms with Gasteiger partial charge in [-0.25, -0.2) is 0 Å². The van der Waals surface area contributed by atoms with Crippen LogP contribution in [0.25, 0.3) is 0 Å². The Hall–Kier alpha value is -2.49. The third-order valence-electron chi connectivity index (χ3n) is 2.85. The van der Waals surface area contributed by atoms with Gasteiger partial charge in [0.25, 0.3) is 0 Å². The molecule has 4 nitrogen and oxygen atoms in total. The number of anilines is 2. The van der Waals surface area contributed by atoms with E-state index in [2.05, 4.69) is 10.6 Å². The quantitative estimate of drug-likeness (QED) is 0.765. The van der Waals surface area contributed by atoms with Crippen molar-refractivity contribution in [2.75, 3.05) is 23.8 Å². The molecule has 0 aliphatic rings. The van der Waals surface area contributed by atoms with Gasteiger partial charge >= 0.3 is 0 Å². The highest BCUT2D eigenvalue weighted by molar-refractivity contribution is 5.89. The van der Waals surface area contributed by atoms with E-state index >= 15 is 0 Å². The average Bonchev–Trinajstić information content (AvgIpc) is 2.48. The van der Waals surface area contributed by atoms with Gasteiger partial charge in [-0.15, -0.1) is 0 Å². The largest absolute Gasteiger partial charge is 0.494 e. The first-order valence-electron chi connectivity index (χ1n) is 7.03. The minimum Gasteiger partial charge on any atom is -0.494 e. The normalized spacial score (nSPS) is 9.95. The zero-order valence-corrected chi connectivity index (χ0v) is 12.1. The molecular formula is C17H20N2O2. The molecule has 0 heterocycles. The van der Waals surface area contributed by atoms with Gasteiger partial charge in [-0.1, -0.05) is 24.3 Å². The van der Waals surface area contributed by atoms with E-state index in [1.54, 1.807) is 0 Å². The van der Waals surface area contributed by atoms with Crippen molar-refractivity contribution >= 4 is 17.3 Å².